The van der Waals surface area contributed by atoms with Gasteiger partial charge in [-0.05, 0) is 43.1 Å². The van der Waals surface area contributed by atoms with E-state index >= 15 is 0 Å². The van der Waals surface area contributed by atoms with Crippen LogP contribution in [0.3, 0.4) is 0 Å². The van der Waals surface area contributed by atoms with Crippen molar-refractivity contribution in [1.29, 1.82) is 0 Å². The summed E-state index contributed by atoms with van der Waals surface area (Å²) < 4.78 is 16.7. The monoisotopic (exact) mass is 391 g/mol. The van der Waals surface area contributed by atoms with Gasteiger partial charge >= 0.3 is 0 Å². The van der Waals surface area contributed by atoms with Crippen LogP contribution < -0.4 is 5.32 Å². The molecule has 0 aliphatic carbocycles. The van der Waals surface area contributed by atoms with Gasteiger partial charge in [0.15, 0.2) is 0 Å². The van der Waals surface area contributed by atoms with Gasteiger partial charge in [0.2, 0.25) is 0 Å². The Balaban J connectivity index is 1.35. The highest BCUT2D eigenvalue weighted by Crippen LogP contribution is 2.29. The Morgan fingerprint density at radius 1 is 0.931 bits per heavy atom. The van der Waals surface area contributed by atoms with E-state index in [-0.39, 0.29) is 5.82 Å². The third-order valence-electron chi connectivity index (χ3n) is 6.14. The lowest BCUT2D eigenvalue weighted by Crippen LogP contribution is -2.35. The molecule has 3 aromatic rings. The average Bonchev–Trinajstić information content (AvgIpc) is 3.19. The third kappa shape index (κ3) is 3.70. The summed E-state index contributed by atoms with van der Waals surface area (Å²) >= 11 is 0. The van der Waals surface area contributed by atoms with Gasteiger partial charge in [-0.2, -0.15) is 0 Å². The minimum absolute atomic E-state index is 0.176. The number of hydrogen-bond acceptors (Lipinski definition) is 4. The predicted molar refractivity (Wildman–Crippen MR) is 111 cm³/mol. The van der Waals surface area contributed by atoms with E-state index in [1.165, 1.54) is 6.07 Å². The van der Waals surface area contributed by atoms with Crippen LogP contribution in [0.5, 0.6) is 0 Å². The van der Waals surface area contributed by atoms with Crippen molar-refractivity contribution in [2.75, 3.05) is 19.6 Å². The van der Waals surface area contributed by atoms with Crippen LogP contribution in [-0.2, 0) is 19.6 Å². The lowest BCUT2D eigenvalue weighted by Gasteiger charge is -2.30. The van der Waals surface area contributed by atoms with Crippen molar-refractivity contribution in [2.24, 2.45) is 0 Å². The lowest BCUT2D eigenvalue weighted by molar-refractivity contribution is 0.205. The minimum Gasteiger partial charge on any atom is -0.317 e. The lowest BCUT2D eigenvalue weighted by atomic mass is 9.97. The van der Waals surface area contributed by atoms with Gasteiger partial charge in [0, 0.05) is 31.1 Å². The van der Waals surface area contributed by atoms with Gasteiger partial charge in [0.1, 0.15) is 17.5 Å². The number of fused-ring (bicyclic) bond motifs is 1. The fourth-order valence-electron chi connectivity index (χ4n) is 4.59. The molecule has 0 spiro atoms. The molecule has 2 aliphatic rings. The van der Waals surface area contributed by atoms with Gasteiger partial charge in [-0.25, -0.2) is 4.39 Å². The smallest absolute Gasteiger partial charge is 0.147 e. The highest BCUT2D eigenvalue weighted by molar-refractivity contribution is 5.67. The second-order valence-electron chi connectivity index (χ2n) is 8.00. The Bertz CT molecular complexity index is 992. The fourth-order valence-corrected chi connectivity index (χ4v) is 4.59. The first-order chi connectivity index (χ1) is 14.3. The summed E-state index contributed by atoms with van der Waals surface area (Å²) in [6.45, 7) is 5.55. The number of halogens is 1. The molecule has 0 unspecified atom stereocenters. The summed E-state index contributed by atoms with van der Waals surface area (Å²) in [5.74, 6) is 2.55. The zero-order valence-corrected chi connectivity index (χ0v) is 16.5. The van der Waals surface area contributed by atoms with Gasteiger partial charge in [-0.15, -0.1) is 10.2 Å². The number of rotatable bonds is 4. The largest absolute Gasteiger partial charge is 0.317 e. The third-order valence-corrected chi connectivity index (χ3v) is 6.14. The summed E-state index contributed by atoms with van der Waals surface area (Å²) in [5, 5.41) is 12.5. The first-order valence-corrected chi connectivity index (χ1v) is 10.5. The summed E-state index contributed by atoms with van der Waals surface area (Å²) in [4.78, 5) is 2.38. The Labute approximate surface area is 170 Å². The molecule has 6 heteroatoms. The fraction of sp³-hybridized carbons (Fsp3) is 0.391. The normalized spacial score (nSPS) is 18.0. The van der Waals surface area contributed by atoms with Crippen LogP contribution in [0.1, 0.15) is 36.0 Å². The highest BCUT2D eigenvalue weighted by Gasteiger charge is 2.27. The molecule has 150 valence electrons. The molecule has 0 amide bonds. The summed E-state index contributed by atoms with van der Waals surface area (Å²) in [6.07, 6.45) is 2.27. The zero-order chi connectivity index (χ0) is 19.6. The highest BCUT2D eigenvalue weighted by atomic mass is 19.1. The van der Waals surface area contributed by atoms with Crippen molar-refractivity contribution < 1.29 is 4.39 Å². The molecule has 1 fully saturated rings. The summed E-state index contributed by atoms with van der Waals surface area (Å²) in [6, 6.07) is 15.1. The van der Waals surface area contributed by atoms with Gasteiger partial charge < -0.3 is 9.88 Å². The SMILES string of the molecule is Fc1ccccc1-c1ccccc1CN1CCn2c(nnc2C2CCNCC2)C1. The van der Waals surface area contributed by atoms with Gasteiger partial charge in [-0.3, -0.25) is 4.90 Å². The van der Waals surface area contributed by atoms with Crippen molar-refractivity contribution >= 4 is 0 Å². The maximum atomic E-state index is 14.4. The number of nitrogens with one attached hydrogen (secondary N) is 1. The second kappa shape index (κ2) is 8.05. The van der Waals surface area contributed by atoms with E-state index in [0.29, 0.717) is 11.5 Å². The molecular formula is C23H26FN5. The Morgan fingerprint density at radius 3 is 2.52 bits per heavy atom. The molecular weight excluding hydrogens is 365 g/mol. The molecule has 5 nitrogen and oxygen atoms in total. The maximum Gasteiger partial charge on any atom is 0.147 e. The van der Waals surface area contributed by atoms with E-state index in [0.717, 1.165) is 74.9 Å². The van der Waals surface area contributed by atoms with Crippen molar-refractivity contribution in [3.8, 4) is 11.1 Å². The van der Waals surface area contributed by atoms with E-state index in [1.807, 2.05) is 30.3 Å². The van der Waals surface area contributed by atoms with Crippen molar-refractivity contribution in [2.45, 2.75) is 38.4 Å². The van der Waals surface area contributed by atoms with E-state index < -0.39 is 0 Å². The zero-order valence-electron chi connectivity index (χ0n) is 16.5. The standard InChI is InChI=1S/C23H26FN5/c24-21-8-4-3-7-20(21)19-6-2-1-5-18(19)15-28-13-14-29-22(16-28)26-27-23(29)17-9-11-25-12-10-17/h1-8,17,25H,9-16H2. The molecule has 1 aromatic heterocycles. The molecule has 5 rings (SSSR count). The first-order valence-electron chi connectivity index (χ1n) is 10.5. The molecule has 2 aliphatic heterocycles. The quantitative estimate of drug-likeness (QED) is 0.739. The summed E-state index contributed by atoms with van der Waals surface area (Å²) in [7, 11) is 0. The molecule has 0 radical (unpaired) electrons. The Morgan fingerprint density at radius 2 is 1.69 bits per heavy atom. The maximum absolute atomic E-state index is 14.4. The Hall–Kier alpha value is -2.57. The number of benzene rings is 2. The number of piperidine rings is 1. The van der Waals surface area contributed by atoms with Crippen molar-refractivity contribution in [3.63, 3.8) is 0 Å². The molecule has 0 atom stereocenters. The first kappa shape index (κ1) is 18.5. The number of nitrogens with zero attached hydrogens (tertiary/aromatic N) is 4. The van der Waals surface area contributed by atoms with Crippen LogP contribution in [0.4, 0.5) is 4.39 Å². The van der Waals surface area contributed by atoms with Crippen LogP contribution in [0.15, 0.2) is 48.5 Å². The number of aromatic nitrogens is 3. The van der Waals surface area contributed by atoms with E-state index in [9.17, 15) is 4.39 Å². The molecule has 0 saturated carbocycles. The predicted octanol–water partition coefficient (Wildman–Crippen LogP) is 3.57. The Kier molecular flexibility index (Phi) is 5.12. The molecule has 29 heavy (non-hydrogen) atoms. The average molecular weight is 391 g/mol. The molecule has 1 saturated heterocycles. The van der Waals surface area contributed by atoms with Gasteiger partial charge in [-0.1, -0.05) is 42.5 Å². The van der Waals surface area contributed by atoms with E-state index in [2.05, 4.69) is 31.0 Å². The van der Waals surface area contributed by atoms with Crippen LogP contribution in [0.2, 0.25) is 0 Å². The molecule has 3 heterocycles. The van der Waals surface area contributed by atoms with Crippen molar-refractivity contribution in [3.05, 3.63) is 71.6 Å². The second-order valence-corrected chi connectivity index (χ2v) is 8.00. The molecule has 0 bridgehead atoms. The topological polar surface area (TPSA) is 46.0 Å². The van der Waals surface area contributed by atoms with Crippen LogP contribution in [0, 0.1) is 5.82 Å². The van der Waals surface area contributed by atoms with Crippen LogP contribution in [0.25, 0.3) is 11.1 Å². The van der Waals surface area contributed by atoms with Crippen LogP contribution >= 0.6 is 0 Å². The van der Waals surface area contributed by atoms with E-state index in [4.69, 9.17) is 0 Å². The van der Waals surface area contributed by atoms with Crippen molar-refractivity contribution in [1.82, 2.24) is 25.0 Å². The van der Waals surface area contributed by atoms with Crippen LogP contribution in [-0.4, -0.2) is 39.3 Å². The summed E-state index contributed by atoms with van der Waals surface area (Å²) in [5.41, 5.74) is 2.77. The van der Waals surface area contributed by atoms with E-state index in [1.54, 1.807) is 6.07 Å². The van der Waals surface area contributed by atoms with Gasteiger partial charge in [0.25, 0.3) is 0 Å². The molecule has 2 aromatic carbocycles. The molecule has 1 N–H and O–H groups in total. The van der Waals surface area contributed by atoms with Gasteiger partial charge in [0.05, 0.1) is 6.54 Å². The minimum atomic E-state index is -0.176. The number of hydrogen-bond donors (Lipinski definition) is 1.